The van der Waals surface area contributed by atoms with Crippen LogP contribution in [0.2, 0.25) is 0 Å². The topological polar surface area (TPSA) is 147 Å². The third-order valence-corrected chi connectivity index (χ3v) is 9.58. The van der Waals surface area contributed by atoms with Gasteiger partial charge in [0.25, 0.3) is 5.56 Å². The molecular weight excluding hydrogens is 613 g/mol. The molecule has 2 aromatic heterocycles. The Hall–Kier alpha value is -4.06. The minimum atomic E-state index is -4.94. The van der Waals surface area contributed by atoms with Gasteiger partial charge in [0.2, 0.25) is 15.9 Å². The number of ether oxygens (including phenoxy) is 2. The van der Waals surface area contributed by atoms with Crippen molar-refractivity contribution in [1.29, 1.82) is 0 Å². The molecule has 3 heterocycles. The molecule has 1 aliphatic rings. The first kappa shape index (κ1) is 30.4. The molecule has 5 rings (SSSR count). The Balaban J connectivity index is 1.40. The number of fused-ring (bicyclic) bond motifs is 1. The van der Waals surface area contributed by atoms with Crippen molar-refractivity contribution < 1.29 is 35.9 Å². The first-order chi connectivity index (χ1) is 20.4. The van der Waals surface area contributed by atoms with E-state index in [0.29, 0.717) is 11.7 Å². The molecule has 0 unspecified atom stereocenters. The summed E-state index contributed by atoms with van der Waals surface area (Å²) in [6.45, 7) is 0.405. The number of benzene rings is 2. The normalized spacial score (nSPS) is 16.4. The highest BCUT2D eigenvalue weighted by Crippen LogP contribution is 2.30. The van der Waals surface area contributed by atoms with E-state index >= 15 is 0 Å². The van der Waals surface area contributed by atoms with Gasteiger partial charge < -0.3 is 24.7 Å². The van der Waals surface area contributed by atoms with Crippen LogP contribution in [0.15, 0.2) is 64.5 Å². The van der Waals surface area contributed by atoms with Gasteiger partial charge in [-0.25, -0.2) is 13.4 Å². The summed E-state index contributed by atoms with van der Waals surface area (Å²) in [5.74, 6) is -1.18. The van der Waals surface area contributed by atoms with Gasteiger partial charge in [-0.1, -0.05) is 35.6 Å². The molecule has 12 nitrogen and oxygen atoms in total. The summed E-state index contributed by atoms with van der Waals surface area (Å²) >= 11 is 1.06. The molecule has 0 aliphatic carbocycles. The number of aromatic nitrogens is 3. The monoisotopic (exact) mass is 638 g/mol. The van der Waals surface area contributed by atoms with Crippen LogP contribution in [-0.4, -0.2) is 72.7 Å². The van der Waals surface area contributed by atoms with Gasteiger partial charge in [0.1, 0.15) is 16.5 Å². The molecule has 2 N–H and O–H groups in total. The summed E-state index contributed by atoms with van der Waals surface area (Å²) in [4.78, 5) is 38.1. The molecule has 43 heavy (non-hydrogen) atoms. The lowest BCUT2D eigenvalue weighted by Gasteiger charge is -2.39. The third-order valence-electron chi connectivity index (χ3n) is 6.56. The van der Waals surface area contributed by atoms with Gasteiger partial charge in [0.15, 0.2) is 10.8 Å². The van der Waals surface area contributed by atoms with E-state index in [1.54, 1.807) is 12.0 Å². The minimum Gasteiger partial charge on any atom is -0.406 e. The SMILES string of the molecule is COCc1ccc(CNC(=O)[C@H]2CN(c3nc4nc[nH]c(=O)c4s3)CCN2S(=O)(=O)c2ccc(OC(F)(F)F)cc2)cc1. The summed E-state index contributed by atoms with van der Waals surface area (Å²) in [6.07, 6.45) is -3.72. The number of hydrogen-bond acceptors (Lipinski definition) is 10. The Kier molecular flexibility index (Phi) is 8.68. The minimum absolute atomic E-state index is 0.106. The molecule has 17 heteroatoms. The van der Waals surface area contributed by atoms with Crippen LogP contribution in [0.25, 0.3) is 10.3 Å². The summed E-state index contributed by atoms with van der Waals surface area (Å²) in [7, 11) is -2.76. The van der Waals surface area contributed by atoms with Gasteiger partial charge in [-0.3, -0.25) is 9.59 Å². The van der Waals surface area contributed by atoms with E-state index in [9.17, 15) is 31.2 Å². The Morgan fingerprint density at radius 3 is 2.47 bits per heavy atom. The van der Waals surface area contributed by atoms with E-state index in [2.05, 4.69) is 25.0 Å². The van der Waals surface area contributed by atoms with Crippen molar-refractivity contribution in [2.24, 2.45) is 0 Å². The smallest absolute Gasteiger partial charge is 0.406 e. The molecule has 1 saturated heterocycles. The Labute approximate surface area is 247 Å². The highest BCUT2D eigenvalue weighted by molar-refractivity contribution is 7.89. The molecule has 0 bridgehead atoms. The number of sulfonamides is 1. The number of nitrogens with zero attached hydrogens (tertiary/aromatic N) is 4. The fourth-order valence-electron chi connectivity index (χ4n) is 4.51. The van der Waals surface area contributed by atoms with Gasteiger partial charge in [-0.15, -0.1) is 13.2 Å². The van der Waals surface area contributed by atoms with Crippen molar-refractivity contribution in [3.8, 4) is 5.75 Å². The molecule has 0 radical (unpaired) electrons. The number of thiazole rings is 1. The van der Waals surface area contributed by atoms with Crippen LogP contribution in [0, 0.1) is 0 Å². The zero-order valence-electron chi connectivity index (χ0n) is 22.5. The first-order valence-electron chi connectivity index (χ1n) is 12.8. The van der Waals surface area contributed by atoms with E-state index in [4.69, 9.17) is 4.74 Å². The average molecular weight is 639 g/mol. The van der Waals surface area contributed by atoms with Crippen molar-refractivity contribution in [3.05, 3.63) is 76.3 Å². The van der Waals surface area contributed by atoms with Gasteiger partial charge in [-0.2, -0.15) is 9.29 Å². The molecule has 4 aromatic rings. The summed E-state index contributed by atoms with van der Waals surface area (Å²) in [6, 6.07) is 9.85. The molecule has 1 atom stereocenters. The number of anilines is 1. The number of amides is 1. The second-order valence-corrected chi connectivity index (χ2v) is 12.3. The zero-order chi connectivity index (χ0) is 30.8. The van der Waals surface area contributed by atoms with Crippen LogP contribution < -0.4 is 20.5 Å². The lowest BCUT2D eigenvalue weighted by atomic mass is 10.1. The number of piperazine rings is 1. The highest BCUT2D eigenvalue weighted by atomic mass is 32.2. The number of hydrogen-bond donors (Lipinski definition) is 2. The standard InChI is InChI=1S/C26H25F3N6O6S2/c1-40-14-17-4-2-16(3-5-17)12-30-23(36)20-13-34(25-33-22-21(42-25)24(37)32-15-31-22)10-11-35(20)43(38,39)19-8-6-18(7-9-19)41-26(27,28)29/h2-9,15,20H,10-14H2,1H3,(H,30,36)(H,31,32,37)/t20-/m1/s1. The lowest BCUT2D eigenvalue weighted by molar-refractivity contribution is -0.274. The lowest BCUT2D eigenvalue weighted by Crippen LogP contribution is -2.60. The number of carbonyl (C=O) groups excluding carboxylic acids is 1. The van der Waals surface area contributed by atoms with Gasteiger partial charge >= 0.3 is 6.36 Å². The molecule has 2 aromatic carbocycles. The number of carbonyl (C=O) groups is 1. The van der Waals surface area contributed by atoms with E-state index < -0.39 is 34.1 Å². The van der Waals surface area contributed by atoms with Crippen LogP contribution in [0.5, 0.6) is 5.75 Å². The number of aromatic amines is 1. The molecule has 228 valence electrons. The van der Waals surface area contributed by atoms with Crippen LogP contribution >= 0.6 is 11.3 Å². The van der Waals surface area contributed by atoms with Crippen molar-refractivity contribution in [1.82, 2.24) is 24.6 Å². The van der Waals surface area contributed by atoms with E-state index in [1.165, 1.54) is 6.33 Å². The van der Waals surface area contributed by atoms with Crippen molar-refractivity contribution in [2.45, 2.75) is 30.5 Å². The van der Waals surface area contributed by atoms with Crippen LogP contribution in [0.4, 0.5) is 18.3 Å². The zero-order valence-corrected chi connectivity index (χ0v) is 24.1. The van der Waals surface area contributed by atoms with Gasteiger partial charge in [0.05, 0.1) is 17.8 Å². The van der Waals surface area contributed by atoms with Gasteiger partial charge in [-0.05, 0) is 35.4 Å². The average Bonchev–Trinajstić information content (AvgIpc) is 3.42. The fourth-order valence-corrected chi connectivity index (χ4v) is 7.03. The predicted octanol–water partition coefficient (Wildman–Crippen LogP) is 2.62. The fraction of sp³-hybridized carbons (Fsp3) is 0.308. The third kappa shape index (κ3) is 6.96. The number of H-pyrrole nitrogens is 1. The van der Waals surface area contributed by atoms with E-state index in [1.807, 2.05) is 24.3 Å². The molecule has 1 aliphatic heterocycles. The number of rotatable bonds is 9. The quantitative estimate of drug-likeness (QED) is 0.283. The number of alkyl halides is 3. The van der Waals surface area contributed by atoms with Crippen LogP contribution in [-0.2, 0) is 32.7 Å². The second kappa shape index (κ2) is 12.3. The van der Waals surface area contributed by atoms with Crippen molar-refractivity contribution >= 4 is 42.7 Å². The summed E-state index contributed by atoms with van der Waals surface area (Å²) in [5, 5.41) is 3.17. The van der Waals surface area contributed by atoms with Crippen molar-refractivity contribution in [2.75, 3.05) is 31.6 Å². The molecule has 1 fully saturated rings. The molecule has 0 spiro atoms. The maximum absolute atomic E-state index is 13.7. The number of nitrogens with one attached hydrogen (secondary N) is 2. The first-order valence-corrected chi connectivity index (χ1v) is 15.0. The maximum Gasteiger partial charge on any atom is 0.573 e. The Morgan fingerprint density at radius 1 is 1.12 bits per heavy atom. The predicted molar refractivity (Wildman–Crippen MR) is 150 cm³/mol. The van der Waals surface area contributed by atoms with Crippen LogP contribution in [0.3, 0.4) is 0 Å². The highest BCUT2D eigenvalue weighted by Gasteiger charge is 2.41. The number of methoxy groups -OCH3 is 1. The molecular formula is C26H25F3N6O6S2. The Morgan fingerprint density at radius 2 is 1.81 bits per heavy atom. The summed E-state index contributed by atoms with van der Waals surface area (Å²) in [5.41, 5.74) is 1.55. The maximum atomic E-state index is 13.7. The van der Waals surface area contributed by atoms with Crippen LogP contribution in [0.1, 0.15) is 11.1 Å². The van der Waals surface area contributed by atoms with Gasteiger partial charge in [0, 0.05) is 33.3 Å². The molecule has 0 saturated carbocycles. The largest absolute Gasteiger partial charge is 0.573 e. The molecule has 1 amide bonds. The Bertz CT molecular complexity index is 1760. The summed E-state index contributed by atoms with van der Waals surface area (Å²) < 4.78 is 75.4. The van der Waals surface area contributed by atoms with Crippen molar-refractivity contribution in [3.63, 3.8) is 0 Å². The number of halogens is 3. The van der Waals surface area contributed by atoms with E-state index in [-0.39, 0.29) is 47.0 Å². The van der Waals surface area contributed by atoms with E-state index in [0.717, 1.165) is 51.0 Å². The second-order valence-electron chi connectivity index (χ2n) is 9.44.